The van der Waals surface area contributed by atoms with Crippen molar-refractivity contribution < 1.29 is 9.47 Å². The molecular formula is C16H23N3O2. The molecule has 21 heavy (non-hydrogen) atoms. The summed E-state index contributed by atoms with van der Waals surface area (Å²) in [6.45, 7) is 7.03. The first kappa shape index (κ1) is 15.4. The number of para-hydroxylation sites is 2. The Morgan fingerprint density at radius 3 is 2.86 bits per heavy atom. The summed E-state index contributed by atoms with van der Waals surface area (Å²) in [6.07, 6.45) is 4.73. The van der Waals surface area contributed by atoms with Crippen molar-refractivity contribution >= 4 is 11.6 Å². The summed E-state index contributed by atoms with van der Waals surface area (Å²) in [6, 6.07) is 7.89. The zero-order chi connectivity index (χ0) is 14.9. The van der Waals surface area contributed by atoms with Crippen molar-refractivity contribution in [1.29, 1.82) is 0 Å². The Morgan fingerprint density at radius 1 is 1.19 bits per heavy atom. The molecule has 0 bridgehead atoms. The first-order valence-corrected chi connectivity index (χ1v) is 7.42. The van der Waals surface area contributed by atoms with Crippen molar-refractivity contribution in [2.24, 2.45) is 0 Å². The molecule has 0 aliphatic heterocycles. The summed E-state index contributed by atoms with van der Waals surface area (Å²) in [7, 11) is 0. The van der Waals surface area contributed by atoms with Crippen LogP contribution in [0.3, 0.4) is 0 Å². The quantitative estimate of drug-likeness (QED) is 0.718. The first-order chi connectivity index (χ1) is 10.3. The fourth-order valence-corrected chi connectivity index (χ4v) is 2.07. The minimum atomic E-state index is 0.640. The van der Waals surface area contributed by atoms with Gasteiger partial charge in [0.1, 0.15) is 5.75 Å². The van der Waals surface area contributed by atoms with Crippen LogP contribution in [-0.2, 0) is 11.3 Å². The van der Waals surface area contributed by atoms with Crippen LogP contribution in [-0.4, -0.2) is 29.4 Å². The fraction of sp³-hybridized carbons (Fsp3) is 0.438. The van der Waals surface area contributed by atoms with E-state index in [2.05, 4.69) is 14.9 Å². The third kappa shape index (κ3) is 4.49. The zero-order valence-corrected chi connectivity index (χ0v) is 12.7. The van der Waals surface area contributed by atoms with E-state index in [1.807, 2.05) is 44.3 Å². The van der Waals surface area contributed by atoms with Gasteiger partial charge in [-0.15, -0.1) is 0 Å². The lowest BCUT2D eigenvalue weighted by Gasteiger charge is -2.13. The number of nitrogens with one attached hydrogen (secondary N) is 1. The summed E-state index contributed by atoms with van der Waals surface area (Å²) in [4.78, 5) is 4.37. The lowest BCUT2D eigenvalue weighted by Crippen LogP contribution is -2.06. The molecule has 5 heteroatoms. The van der Waals surface area contributed by atoms with E-state index >= 15 is 0 Å². The van der Waals surface area contributed by atoms with E-state index in [1.165, 1.54) is 0 Å². The molecule has 0 saturated carbocycles. The number of nitrogens with zero attached hydrogens (tertiary/aromatic N) is 2. The maximum Gasteiger partial charge on any atom is 0.207 e. The molecule has 0 aliphatic carbocycles. The third-order valence-electron chi connectivity index (χ3n) is 3.04. The van der Waals surface area contributed by atoms with E-state index in [0.717, 1.165) is 43.6 Å². The second kappa shape index (κ2) is 8.32. The topological polar surface area (TPSA) is 48.3 Å². The van der Waals surface area contributed by atoms with Gasteiger partial charge in [-0.2, -0.15) is 0 Å². The number of hydrogen-bond donors (Lipinski definition) is 1. The molecule has 114 valence electrons. The molecule has 0 saturated heterocycles. The second-order valence-corrected chi connectivity index (χ2v) is 4.55. The van der Waals surface area contributed by atoms with Crippen LogP contribution in [0.2, 0.25) is 0 Å². The maximum absolute atomic E-state index is 5.62. The Kier molecular flexibility index (Phi) is 6.09. The van der Waals surface area contributed by atoms with Gasteiger partial charge in [-0.3, -0.25) is 0 Å². The molecule has 0 radical (unpaired) electrons. The average molecular weight is 289 g/mol. The SMILES string of the molecule is CCOCCCn1ccnc1Nc1ccccc1OCC. The molecule has 0 atom stereocenters. The smallest absolute Gasteiger partial charge is 0.207 e. The number of hydrogen-bond acceptors (Lipinski definition) is 4. The van der Waals surface area contributed by atoms with Gasteiger partial charge in [0.25, 0.3) is 0 Å². The highest BCUT2D eigenvalue weighted by Gasteiger charge is 2.07. The lowest BCUT2D eigenvalue weighted by molar-refractivity contribution is 0.142. The molecule has 0 amide bonds. The van der Waals surface area contributed by atoms with E-state index in [9.17, 15) is 0 Å². The van der Waals surface area contributed by atoms with Crippen LogP contribution in [0.15, 0.2) is 36.7 Å². The van der Waals surface area contributed by atoms with Crippen LogP contribution >= 0.6 is 0 Å². The van der Waals surface area contributed by atoms with Gasteiger partial charge in [-0.1, -0.05) is 12.1 Å². The van der Waals surface area contributed by atoms with Gasteiger partial charge in [0.15, 0.2) is 0 Å². The second-order valence-electron chi connectivity index (χ2n) is 4.55. The number of aryl methyl sites for hydroxylation is 1. The normalized spacial score (nSPS) is 10.6. The number of anilines is 2. The number of ether oxygens (including phenoxy) is 2. The molecule has 1 aromatic carbocycles. The first-order valence-electron chi connectivity index (χ1n) is 7.42. The molecule has 0 unspecified atom stereocenters. The fourth-order valence-electron chi connectivity index (χ4n) is 2.07. The van der Waals surface area contributed by atoms with Crippen LogP contribution in [0.4, 0.5) is 11.6 Å². The van der Waals surface area contributed by atoms with Crippen molar-refractivity contribution in [2.75, 3.05) is 25.1 Å². The van der Waals surface area contributed by atoms with Crippen LogP contribution in [0, 0.1) is 0 Å². The standard InChI is InChI=1S/C16H23N3O2/c1-3-20-13-7-11-19-12-10-17-16(19)18-14-8-5-6-9-15(14)21-4-2/h5-6,8-10,12H,3-4,7,11,13H2,1-2H3,(H,17,18). The molecule has 1 N–H and O–H groups in total. The highest BCUT2D eigenvalue weighted by molar-refractivity contribution is 5.62. The number of benzene rings is 1. The highest BCUT2D eigenvalue weighted by Crippen LogP contribution is 2.26. The van der Waals surface area contributed by atoms with Crippen molar-refractivity contribution in [3.63, 3.8) is 0 Å². The van der Waals surface area contributed by atoms with Crippen molar-refractivity contribution in [3.05, 3.63) is 36.7 Å². The average Bonchev–Trinajstić information content (AvgIpc) is 2.93. The minimum absolute atomic E-state index is 0.640. The Balaban J connectivity index is 2.01. The van der Waals surface area contributed by atoms with Gasteiger partial charge in [0.05, 0.1) is 12.3 Å². The molecule has 1 heterocycles. The molecule has 0 spiro atoms. The molecule has 0 aliphatic rings. The Morgan fingerprint density at radius 2 is 2.05 bits per heavy atom. The predicted octanol–water partition coefficient (Wildman–Crippen LogP) is 3.45. The van der Waals surface area contributed by atoms with Crippen molar-refractivity contribution in [3.8, 4) is 5.75 Å². The molecule has 2 aromatic rings. The van der Waals surface area contributed by atoms with Crippen molar-refractivity contribution in [2.45, 2.75) is 26.8 Å². The Bertz CT molecular complexity index is 540. The summed E-state index contributed by atoms with van der Waals surface area (Å²) in [5.41, 5.74) is 0.927. The minimum Gasteiger partial charge on any atom is -0.492 e. The predicted molar refractivity (Wildman–Crippen MR) is 84.2 cm³/mol. The van der Waals surface area contributed by atoms with Crippen molar-refractivity contribution in [1.82, 2.24) is 9.55 Å². The van der Waals surface area contributed by atoms with E-state index in [1.54, 1.807) is 6.20 Å². The highest BCUT2D eigenvalue weighted by atomic mass is 16.5. The summed E-state index contributed by atoms with van der Waals surface area (Å²) in [5, 5.41) is 3.33. The van der Waals surface area contributed by atoms with Gasteiger partial charge in [0.2, 0.25) is 5.95 Å². The largest absolute Gasteiger partial charge is 0.492 e. The maximum atomic E-state index is 5.62. The van der Waals surface area contributed by atoms with Gasteiger partial charge < -0.3 is 19.4 Å². The monoisotopic (exact) mass is 289 g/mol. The van der Waals surface area contributed by atoms with Crippen LogP contribution in [0.25, 0.3) is 0 Å². The Hall–Kier alpha value is -2.01. The van der Waals surface area contributed by atoms with Gasteiger partial charge >= 0.3 is 0 Å². The van der Waals surface area contributed by atoms with Gasteiger partial charge in [-0.25, -0.2) is 4.98 Å². The van der Waals surface area contributed by atoms with Crippen LogP contribution < -0.4 is 10.1 Å². The van der Waals surface area contributed by atoms with E-state index in [0.29, 0.717) is 6.61 Å². The lowest BCUT2D eigenvalue weighted by atomic mass is 10.3. The molecular weight excluding hydrogens is 266 g/mol. The molecule has 2 rings (SSSR count). The summed E-state index contributed by atoms with van der Waals surface area (Å²) >= 11 is 0. The number of aromatic nitrogens is 2. The van der Waals surface area contributed by atoms with E-state index in [-0.39, 0.29) is 0 Å². The zero-order valence-electron chi connectivity index (χ0n) is 12.7. The summed E-state index contributed by atoms with van der Waals surface area (Å²) in [5.74, 6) is 1.66. The van der Waals surface area contributed by atoms with Gasteiger partial charge in [0, 0.05) is 32.2 Å². The number of rotatable bonds is 9. The van der Waals surface area contributed by atoms with Crippen LogP contribution in [0.5, 0.6) is 5.75 Å². The van der Waals surface area contributed by atoms with Gasteiger partial charge in [-0.05, 0) is 32.4 Å². The van der Waals surface area contributed by atoms with Crippen LogP contribution in [0.1, 0.15) is 20.3 Å². The van der Waals surface area contributed by atoms with E-state index < -0.39 is 0 Å². The molecule has 0 fully saturated rings. The Labute approximate surface area is 125 Å². The summed E-state index contributed by atoms with van der Waals surface area (Å²) < 4.78 is 13.1. The molecule has 1 aromatic heterocycles. The van der Waals surface area contributed by atoms with E-state index in [4.69, 9.17) is 9.47 Å². The number of imidazole rings is 1. The third-order valence-corrected chi connectivity index (χ3v) is 3.04. The molecule has 5 nitrogen and oxygen atoms in total.